The molecule has 0 aliphatic heterocycles. The van der Waals surface area contributed by atoms with Gasteiger partial charge in [0.25, 0.3) is 5.91 Å². The number of ether oxygens (including phenoxy) is 1. The zero-order valence-corrected chi connectivity index (χ0v) is 11.2. The van der Waals surface area contributed by atoms with Crippen LogP contribution >= 0.6 is 0 Å². The number of carbonyl (C=O) groups is 1. The highest BCUT2D eigenvalue weighted by molar-refractivity contribution is 6.02. The third-order valence-electron chi connectivity index (χ3n) is 2.55. The van der Waals surface area contributed by atoms with E-state index in [2.05, 4.69) is 15.6 Å². The molecule has 2 rings (SSSR count). The summed E-state index contributed by atoms with van der Waals surface area (Å²) in [5, 5.41) is 18.7. The molecule has 0 saturated carbocycles. The van der Waals surface area contributed by atoms with Crippen LogP contribution in [0.1, 0.15) is 10.5 Å². The first-order valence-electron chi connectivity index (χ1n) is 6.24. The van der Waals surface area contributed by atoms with E-state index in [1.807, 2.05) is 6.07 Å². The molecule has 0 saturated heterocycles. The molecular formula is C13H14N6O2. The molecule has 0 fully saturated rings. The number of nitrogens with one attached hydrogen (secondary N) is 1. The van der Waals surface area contributed by atoms with Crippen LogP contribution in [0.4, 0.5) is 5.69 Å². The Labute approximate surface area is 121 Å². The van der Waals surface area contributed by atoms with Gasteiger partial charge in [0.1, 0.15) is 11.8 Å². The quantitative estimate of drug-likeness (QED) is 0.793. The van der Waals surface area contributed by atoms with Crippen molar-refractivity contribution in [2.24, 2.45) is 5.73 Å². The number of nitrogens with zero attached hydrogens (tertiary/aromatic N) is 4. The molecule has 1 aromatic heterocycles. The van der Waals surface area contributed by atoms with E-state index in [4.69, 9.17) is 15.7 Å². The number of hydrogen-bond acceptors (Lipinski definition) is 6. The molecule has 1 amide bonds. The number of anilines is 1. The van der Waals surface area contributed by atoms with Gasteiger partial charge < -0.3 is 15.8 Å². The van der Waals surface area contributed by atoms with Gasteiger partial charge >= 0.3 is 0 Å². The highest BCUT2D eigenvalue weighted by Gasteiger charge is 2.10. The SMILES string of the molecule is N#CCOc1ccc(NC(=O)c2cn(CCN)nn2)cc1. The zero-order valence-electron chi connectivity index (χ0n) is 11.2. The van der Waals surface area contributed by atoms with Gasteiger partial charge in [-0.2, -0.15) is 5.26 Å². The van der Waals surface area contributed by atoms with Crippen molar-refractivity contribution in [3.8, 4) is 11.8 Å². The van der Waals surface area contributed by atoms with Crippen LogP contribution in [-0.2, 0) is 6.54 Å². The smallest absolute Gasteiger partial charge is 0.277 e. The van der Waals surface area contributed by atoms with Gasteiger partial charge in [-0.15, -0.1) is 5.10 Å². The fourth-order valence-electron chi connectivity index (χ4n) is 1.59. The topological polar surface area (TPSA) is 119 Å². The number of aromatic nitrogens is 3. The molecule has 0 aliphatic rings. The lowest BCUT2D eigenvalue weighted by Gasteiger charge is -2.05. The van der Waals surface area contributed by atoms with E-state index in [1.165, 1.54) is 10.9 Å². The number of carbonyl (C=O) groups excluding carboxylic acids is 1. The lowest BCUT2D eigenvalue weighted by Crippen LogP contribution is -2.12. The number of nitrogens with two attached hydrogens (primary N) is 1. The van der Waals surface area contributed by atoms with Crippen LogP contribution in [0.2, 0.25) is 0 Å². The van der Waals surface area contributed by atoms with Gasteiger partial charge in [-0.3, -0.25) is 9.48 Å². The van der Waals surface area contributed by atoms with Crippen LogP contribution in [0.3, 0.4) is 0 Å². The Balaban J connectivity index is 1.97. The average molecular weight is 286 g/mol. The highest BCUT2D eigenvalue weighted by Crippen LogP contribution is 2.16. The van der Waals surface area contributed by atoms with Crippen molar-refractivity contribution < 1.29 is 9.53 Å². The summed E-state index contributed by atoms with van der Waals surface area (Å²) in [7, 11) is 0. The molecule has 21 heavy (non-hydrogen) atoms. The lowest BCUT2D eigenvalue weighted by molar-refractivity contribution is 0.102. The minimum atomic E-state index is -0.357. The van der Waals surface area contributed by atoms with Crippen molar-refractivity contribution in [3.63, 3.8) is 0 Å². The van der Waals surface area contributed by atoms with Gasteiger partial charge in [0.05, 0.1) is 12.7 Å². The van der Waals surface area contributed by atoms with Gasteiger partial charge in [0, 0.05) is 12.2 Å². The minimum absolute atomic E-state index is 0.0179. The molecule has 0 atom stereocenters. The lowest BCUT2D eigenvalue weighted by atomic mass is 10.3. The summed E-state index contributed by atoms with van der Waals surface area (Å²) in [6.07, 6.45) is 1.53. The Hall–Kier alpha value is -2.92. The summed E-state index contributed by atoms with van der Waals surface area (Å²) in [6.45, 7) is 0.912. The van der Waals surface area contributed by atoms with E-state index in [-0.39, 0.29) is 18.2 Å². The van der Waals surface area contributed by atoms with Crippen molar-refractivity contribution in [3.05, 3.63) is 36.2 Å². The molecule has 0 unspecified atom stereocenters. The molecule has 0 bridgehead atoms. The largest absolute Gasteiger partial charge is 0.479 e. The normalized spacial score (nSPS) is 9.90. The van der Waals surface area contributed by atoms with E-state index in [0.717, 1.165) is 0 Å². The molecule has 8 heteroatoms. The number of hydrogen-bond donors (Lipinski definition) is 2. The monoisotopic (exact) mass is 286 g/mol. The summed E-state index contributed by atoms with van der Waals surface area (Å²) in [5.74, 6) is 0.201. The van der Waals surface area contributed by atoms with Crippen LogP contribution in [0, 0.1) is 11.3 Å². The summed E-state index contributed by atoms with van der Waals surface area (Å²) in [6, 6.07) is 8.56. The number of nitriles is 1. The molecule has 0 aliphatic carbocycles. The molecular weight excluding hydrogens is 272 g/mol. The predicted molar refractivity (Wildman–Crippen MR) is 74.6 cm³/mol. The summed E-state index contributed by atoms with van der Waals surface area (Å²) in [4.78, 5) is 12.0. The molecule has 1 aromatic carbocycles. The van der Waals surface area contributed by atoms with Gasteiger partial charge in [-0.1, -0.05) is 5.21 Å². The van der Waals surface area contributed by atoms with E-state index >= 15 is 0 Å². The molecule has 1 heterocycles. The van der Waals surface area contributed by atoms with Crippen molar-refractivity contribution in [2.45, 2.75) is 6.54 Å². The Kier molecular flexibility index (Phi) is 4.84. The van der Waals surface area contributed by atoms with E-state index in [9.17, 15) is 4.79 Å². The highest BCUT2D eigenvalue weighted by atomic mass is 16.5. The fraction of sp³-hybridized carbons (Fsp3) is 0.231. The van der Waals surface area contributed by atoms with E-state index in [1.54, 1.807) is 24.3 Å². The van der Waals surface area contributed by atoms with Gasteiger partial charge in [0.15, 0.2) is 12.3 Å². The standard InChI is InChI=1S/C13H14N6O2/c14-5-7-19-9-12(17-18-19)13(20)16-10-1-3-11(4-2-10)21-8-6-15/h1-4,9H,5,7-8,14H2,(H,16,20). The van der Waals surface area contributed by atoms with Crippen LogP contribution in [0.5, 0.6) is 5.75 Å². The van der Waals surface area contributed by atoms with Crippen molar-refractivity contribution in [1.29, 1.82) is 5.26 Å². The molecule has 0 radical (unpaired) electrons. The summed E-state index contributed by atoms with van der Waals surface area (Å²) in [5.41, 5.74) is 6.21. The molecule has 3 N–H and O–H groups in total. The maximum atomic E-state index is 12.0. The van der Waals surface area contributed by atoms with Crippen molar-refractivity contribution >= 4 is 11.6 Å². The summed E-state index contributed by atoms with van der Waals surface area (Å²) >= 11 is 0. The van der Waals surface area contributed by atoms with Crippen LogP contribution in [0.25, 0.3) is 0 Å². The van der Waals surface area contributed by atoms with Gasteiger partial charge in [0.2, 0.25) is 0 Å². The van der Waals surface area contributed by atoms with E-state index in [0.29, 0.717) is 24.5 Å². The fourth-order valence-corrected chi connectivity index (χ4v) is 1.59. The number of benzene rings is 1. The van der Waals surface area contributed by atoms with E-state index < -0.39 is 0 Å². The minimum Gasteiger partial charge on any atom is -0.479 e. The van der Waals surface area contributed by atoms with Crippen LogP contribution in [0.15, 0.2) is 30.5 Å². The second-order valence-electron chi connectivity index (χ2n) is 4.08. The Morgan fingerprint density at radius 3 is 2.86 bits per heavy atom. The maximum absolute atomic E-state index is 12.0. The van der Waals surface area contributed by atoms with Gasteiger partial charge in [-0.05, 0) is 24.3 Å². The Morgan fingerprint density at radius 1 is 1.43 bits per heavy atom. The Bertz CT molecular complexity index is 643. The molecule has 8 nitrogen and oxygen atoms in total. The predicted octanol–water partition coefficient (Wildman–Crippen LogP) is 0.391. The second kappa shape index (κ2) is 7.02. The molecule has 0 spiro atoms. The first-order valence-corrected chi connectivity index (χ1v) is 6.24. The molecule has 2 aromatic rings. The van der Waals surface area contributed by atoms with Crippen LogP contribution < -0.4 is 15.8 Å². The number of rotatable bonds is 6. The molecule has 108 valence electrons. The third kappa shape index (κ3) is 4.02. The maximum Gasteiger partial charge on any atom is 0.277 e. The van der Waals surface area contributed by atoms with Gasteiger partial charge in [-0.25, -0.2) is 0 Å². The zero-order chi connectivity index (χ0) is 15.1. The summed E-state index contributed by atoms with van der Waals surface area (Å²) < 4.78 is 6.63. The van der Waals surface area contributed by atoms with Crippen molar-refractivity contribution in [2.75, 3.05) is 18.5 Å². The Morgan fingerprint density at radius 2 is 2.19 bits per heavy atom. The van der Waals surface area contributed by atoms with Crippen LogP contribution in [-0.4, -0.2) is 34.1 Å². The number of amides is 1. The second-order valence-corrected chi connectivity index (χ2v) is 4.08. The average Bonchev–Trinajstić information content (AvgIpc) is 2.96. The first kappa shape index (κ1) is 14.5. The first-order chi connectivity index (χ1) is 10.2. The van der Waals surface area contributed by atoms with Crippen molar-refractivity contribution in [1.82, 2.24) is 15.0 Å². The third-order valence-corrected chi connectivity index (χ3v) is 2.55.